The number of aryl methyl sites for hydroxylation is 1. The molecular formula is C15H18ClNO2. The molecule has 0 aliphatic carbocycles. The highest BCUT2D eigenvalue weighted by atomic mass is 35.5. The van der Waals surface area contributed by atoms with Gasteiger partial charge >= 0.3 is 0 Å². The molecule has 1 amide bonds. The lowest BCUT2D eigenvalue weighted by molar-refractivity contribution is 0.0749. The molecule has 4 heteroatoms. The predicted molar refractivity (Wildman–Crippen MR) is 77.8 cm³/mol. The van der Waals surface area contributed by atoms with Crippen molar-refractivity contribution in [1.82, 2.24) is 4.90 Å². The van der Waals surface area contributed by atoms with Crippen molar-refractivity contribution in [3.63, 3.8) is 0 Å². The number of carbonyl (C=O) groups excluding carboxylic acids is 1. The lowest BCUT2D eigenvalue weighted by Crippen LogP contribution is -2.30. The summed E-state index contributed by atoms with van der Waals surface area (Å²) in [5.74, 6) is 0.743. The van der Waals surface area contributed by atoms with Crippen LogP contribution in [0, 0.1) is 12.8 Å². The number of rotatable bonds is 3. The Bertz CT molecular complexity index is 616. The summed E-state index contributed by atoms with van der Waals surface area (Å²) in [5, 5.41) is 1.54. The molecule has 2 rings (SSSR count). The molecule has 0 bridgehead atoms. The van der Waals surface area contributed by atoms with Crippen molar-refractivity contribution in [2.24, 2.45) is 5.92 Å². The number of nitrogens with zero attached hydrogens (tertiary/aromatic N) is 1. The third-order valence-electron chi connectivity index (χ3n) is 3.08. The maximum absolute atomic E-state index is 12.4. The van der Waals surface area contributed by atoms with Crippen molar-refractivity contribution in [1.29, 1.82) is 0 Å². The summed E-state index contributed by atoms with van der Waals surface area (Å²) in [6.45, 7) is 6.75. The molecule has 1 aromatic carbocycles. The van der Waals surface area contributed by atoms with Crippen LogP contribution in [0.1, 0.15) is 30.0 Å². The van der Waals surface area contributed by atoms with Gasteiger partial charge in [-0.1, -0.05) is 25.4 Å². The molecule has 0 fully saturated rings. The Hall–Kier alpha value is -1.48. The van der Waals surface area contributed by atoms with Gasteiger partial charge in [0.25, 0.3) is 5.91 Å². The molecule has 0 atom stereocenters. The van der Waals surface area contributed by atoms with Gasteiger partial charge in [-0.05, 0) is 31.0 Å². The normalized spacial score (nSPS) is 11.3. The quantitative estimate of drug-likeness (QED) is 0.847. The standard InChI is InChI=1S/C15H18ClNO2/c1-9(2)8-17(4)15(18)14-10(3)12-7-11(16)5-6-13(12)19-14/h5-7,9H,8H2,1-4H3. The van der Waals surface area contributed by atoms with Crippen LogP contribution in [-0.4, -0.2) is 24.4 Å². The summed E-state index contributed by atoms with van der Waals surface area (Å²) in [7, 11) is 1.79. The van der Waals surface area contributed by atoms with Crippen molar-refractivity contribution in [3.8, 4) is 0 Å². The van der Waals surface area contributed by atoms with Gasteiger partial charge in [0.1, 0.15) is 5.58 Å². The summed E-state index contributed by atoms with van der Waals surface area (Å²) < 4.78 is 5.67. The van der Waals surface area contributed by atoms with E-state index in [-0.39, 0.29) is 5.91 Å². The number of hydrogen-bond donors (Lipinski definition) is 0. The molecule has 0 saturated heterocycles. The zero-order valence-electron chi connectivity index (χ0n) is 11.7. The lowest BCUT2D eigenvalue weighted by Gasteiger charge is -2.18. The molecule has 0 spiro atoms. The second-order valence-electron chi connectivity index (χ2n) is 5.28. The van der Waals surface area contributed by atoms with Gasteiger partial charge in [0.15, 0.2) is 5.76 Å². The largest absolute Gasteiger partial charge is 0.451 e. The molecule has 3 nitrogen and oxygen atoms in total. The van der Waals surface area contributed by atoms with Crippen LogP contribution in [0.15, 0.2) is 22.6 Å². The zero-order chi connectivity index (χ0) is 14.2. The molecule has 1 aromatic heterocycles. The van der Waals surface area contributed by atoms with E-state index in [4.69, 9.17) is 16.0 Å². The zero-order valence-corrected chi connectivity index (χ0v) is 12.4. The Morgan fingerprint density at radius 3 is 2.74 bits per heavy atom. The lowest BCUT2D eigenvalue weighted by atomic mass is 10.1. The Morgan fingerprint density at radius 2 is 2.11 bits per heavy atom. The van der Waals surface area contributed by atoms with Gasteiger partial charge < -0.3 is 9.32 Å². The minimum Gasteiger partial charge on any atom is -0.451 e. The Morgan fingerprint density at radius 1 is 1.42 bits per heavy atom. The topological polar surface area (TPSA) is 33.5 Å². The van der Waals surface area contributed by atoms with Gasteiger partial charge in [0.2, 0.25) is 0 Å². The minimum absolute atomic E-state index is 0.0847. The van der Waals surface area contributed by atoms with E-state index < -0.39 is 0 Å². The van der Waals surface area contributed by atoms with Crippen LogP contribution in [0.5, 0.6) is 0 Å². The molecular weight excluding hydrogens is 262 g/mol. The van der Waals surface area contributed by atoms with Gasteiger partial charge in [-0.2, -0.15) is 0 Å². The van der Waals surface area contributed by atoms with E-state index in [0.29, 0.717) is 28.8 Å². The Kier molecular flexibility index (Phi) is 3.85. The first-order chi connectivity index (χ1) is 8.90. The second-order valence-corrected chi connectivity index (χ2v) is 5.71. The van der Waals surface area contributed by atoms with E-state index in [1.54, 1.807) is 24.1 Å². The third-order valence-corrected chi connectivity index (χ3v) is 3.31. The maximum atomic E-state index is 12.4. The number of furan rings is 1. The van der Waals surface area contributed by atoms with E-state index in [1.165, 1.54) is 0 Å². The summed E-state index contributed by atoms with van der Waals surface area (Å²) in [4.78, 5) is 14.0. The van der Waals surface area contributed by atoms with Crippen LogP contribution < -0.4 is 0 Å². The van der Waals surface area contributed by atoms with E-state index in [1.807, 2.05) is 13.0 Å². The van der Waals surface area contributed by atoms with Crippen molar-refractivity contribution >= 4 is 28.5 Å². The van der Waals surface area contributed by atoms with Gasteiger partial charge in [-0.3, -0.25) is 4.79 Å². The first kappa shape index (κ1) is 13.9. The molecule has 0 radical (unpaired) electrons. The first-order valence-electron chi connectivity index (χ1n) is 6.34. The number of hydrogen-bond acceptors (Lipinski definition) is 2. The van der Waals surface area contributed by atoms with Gasteiger partial charge in [0, 0.05) is 29.6 Å². The Balaban J connectivity index is 2.40. The van der Waals surface area contributed by atoms with Crippen LogP contribution in [0.3, 0.4) is 0 Å². The number of amides is 1. The SMILES string of the molecule is Cc1c(C(=O)N(C)CC(C)C)oc2ccc(Cl)cc12. The predicted octanol–water partition coefficient (Wildman–Crippen LogP) is 4.12. The highest BCUT2D eigenvalue weighted by molar-refractivity contribution is 6.31. The smallest absolute Gasteiger partial charge is 0.289 e. The highest BCUT2D eigenvalue weighted by Crippen LogP contribution is 2.28. The first-order valence-corrected chi connectivity index (χ1v) is 6.72. The highest BCUT2D eigenvalue weighted by Gasteiger charge is 2.21. The molecule has 2 aromatic rings. The Labute approximate surface area is 118 Å². The molecule has 0 saturated carbocycles. The fourth-order valence-electron chi connectivity index (χ4n) is 2.20. The monoisotopic (exact) mass is 279 g/mol. The second kappa shape index (κ2) is 5.25. The van der Waals surface area contributed by atoms with Crippen LogP contribution in [-0.2, 0) is 0 Å². The van der Waals surface area contributed by atoms with Crippen molar-refractivity contribution in [2.75, 3.05) is 13.6 Å². The summed E-state index contributed by atoms with van der Waals surface area (Å²) in [6, 6.07) is 5.39. The molecule has 0 unspecified atom stereocenters. The summed E-state index contributed by atoms with van der Waals surface area (Å²) >= 11 is 5.97. The molecule has 0 aliphatic heterocycles. The third kappa shape index (κ3) is 2.76. The molecule has 0 aliphatic rings. The number of halogens is 1. The van der Waals surface area contributed by atoms with Gasteiger partial charge in [0.05, 0.1) is 0 Å². The average molecular weight is 280 g/mol. The molecule has 0 N–H and O–H groups in total. The molecule has 1 heterocycles. The number of carbonyl (C=O) groups is 1. The molecule has 19 heavy (non-hydrogen) atoms. The molecule has 102 valence electrons. The summed E-state index contributed by atoms with van der Waals surface area (Å²) in [6.07, 6.45) is 0. The van der Waals surface area contributed by atoms with Gasteiger partial charge in [-0.25, -0.2) is 0 Å². The van der Waals surface area contributed by atoms with Crippen LogP contribution >= 0.6 is 11.6 Å². The van der Waals surface area contributed by atoms with Gasteiger partial charge in [-0.15, -0.1) is 0 Å². The van der Waals surface area contributed by atoms with Crippen LogP contribution in [0.4, 0.5) is 0 Å². The maximum Gasteiger partial charge on any atom is 0.289 e. The van der Waals surface area contributed by atoms with E-state index in [2.05, 4.69) is 13.8 Å². The van der Waals surface area contributed by atoms with Crippen molar-refractivity contribution in [2.45, 2.75) is 20.8 Å². The fourth-order valence-corrected chi connectivity index (χ4v) is 2.37. The summed E-state index contributed by atoms with van der Waals surface area (Å²) in [5.41, 5.74) is 1.54. The van der Waals surface area contributed by atoms with E-state index >= 15 is 0 Å². The minimum atomic E-state index is -0.0847. The van der Waals surface area contributed by atoms with Crippen molar-refractivity contribution < 1.29 is 9.21 Å². The van der Waals surface area contributed by atoms with E-state index in [9.17, 15) is 4.79 Å². The van der Waals surface area contributed by atoms with E-state index in [0.717, 1.165) is 10.9 Å². The van der Waals surface area contributed by atoms with Crippen LogP contribution in [0.25, 0.3) is 11.0 Å². The van der Waals surface area contributed by atoms with Crippen molar-refractivity contribution in [3.05, 3.63) is 34.5 Å². The number of fused-ring (bicyclic) bond motifs is 1. The number of benzene rings is 1. The van der Waals surface area contributed by atoms with Crippen LogP contribution in [0.2, 0.25) is 5.02 Å². The fraction of sp³-hybridized carbons (Fsp3) is 0.400. The average Bonchev–Trinajstić information content (AvgIpc) is 2.65.